The minimum absolute atomic E-state index is 0.136. The van der Waals surface area contributed by atoms with Crippen molar-refractivity contribution in [3.05, 3.63) is 57.1 Å². The zero-order valence-electron chi connectivity index (χ0n) is 16.2. The Morgan fingerprint density at radius 1 is 1.25 bits per heavy atom. The molecule has 1 amide bonds. The van der Waals surface area contributed by atoms with Gasteiger partial charge in [-0.2, -0.15) is 9.94 Å². The second-order valence-electron chi connectivity index (χ2n) is 7.06. The molecule has 28 heavy (non-hydrogen) atoms. The van der Waals surface area contributed by atoms with Gasteiger partial charge in [-0.3, -0.25) is 4.79 Å². The third-order valence-corrected chi connectivity index (χ3v) is 4.94. The minimum Gasteiger partial charge on any atom is -0.464 e. The Labute approximate surface area is 163 Å². The minimum atomic E-state index is -1.27. The van der Waals surface area contributed by atoms with E-state index in [9.17, 15) is 20.0 Å². The van der Waals surface area contributed by atoms with Crippen molar-refractivity contribution < 1.29 is 9.90 Å². The Kier molecular flexibility index (Phi) is 5.36. The van der Waals surface area contributed by atoms with Crippen LogP contribution in [-0.4, -0.2) is 40.0 Å². The van der Waals surface area contributed by atoms with Crippen LogP contribution in [0.4, 0.5) is 10.6 Å². The van der Waals surface area contributed by atoms with Crippen LogP contribution in [0.3, 0.4) is 0 Å². The van der Waals surface area contributed by atoms with Gasteiger partial charge in [-0.15, -0.1) is 0 Å². The van der Waals surface area contributed by atoms with Crippen molar-refractivity contribution in [2.75, 3.05) is 23.0 Å². The summed E-state index contributed by atoms with van der Waals surface area (Å²) < 4.78 is 0.974. The van der Waals surface area contributed by atoms with E-state index in [1.807, 2.05) is 23.1 Å². The largest absolute Gasteiger partial charge is 0.464 e. The lowest BCUT2D eigenvalue weighted by Crippen LogP contribution is -2.52. The predicted octanol–water partition coefficient (Wildman–Crippen LogP) is 2.05. The summed E-state index contributed by atoms with van der Waals surface area (Å²) in [4.78, 5) is 31.1. The number of aryl methyl sites for hydroxylation is 1. The quantitative estimate of drug-likeness (QED) is 0.873. The number of aromatic nitrogens is 2. The van der Waals surface area contributed by atoms with Crippen LogP contribution in [0.15, 0.2) is 29.1 Å². The first-order valence-corrected chi connectivity index (χ1v) is 9.23. The van der Waals surface area contributed by atoms with Gasteiger partial charge in [0.05, 0.1) is 6.04 Å². The molecule has 0 aliphatic carbocycles. The van der Waals surface area contributed by atoms with Crippen molar-refractivity contribution in [3.8, 4) is 6.07 Å². The molecule has 146 valence electrons. The molecule has 1 aromatic heterocycles. The number of amides is 1. The van der Waals surface area contributed by atoms with Crippen LogP contribution in [-0.2, 0) is 12.8 Å². The molecule has 1 aromatic carbocycles. The number of nitriles is 1. The average Bonchev–Trinajstić information content (AvgIpc) is 2.86. The number of hydrogen-bond acceptors (Lipinski definition) is 5. The summed E-state index contributed by atoms with van der Waals surface area (Å²) in [5.74, 6) is 0.556. The molecule has 3 rings (SSSR count). The standard InChI is InChI=1S/C20H23N5O3/c1-13(2)24(20(27)28)25-14(3)22-18(17(12-21)19(25)26)23-10-8-15-6-4-5-7-16(15)9-11-23/h4-7,13H,8-11H2,1-3H3,(H,27,28). The molecule has 8 nitrogen and oxygen atoms in total. The van der Waals surface area contributed by atoms with Gasteiger partial charge in [0, 0.05) is 13.1 Å². The molecule has 0 bridgehead atoms. The third kappa shape index (κ3) is 3.43. The molecule has 2 heterocycles. The van der Waals surface area contributed by atoms with Crippen molar-refractivity contribution in [1.29, 1.82) is 5.26 Å². The summed E-state index contributed by atoms with van der Waals surface area (Å²) in [5.41, 5.74) is 1.71. The van der Waals surface area contributed by atoms with E-state index in [0.29, 0.717) is 18.9 Å². The highest BCUT2D eigenvalue weighted by atomic mass is 16.4. The summed E-state index contributed by atoms with van der Waals surface area (Å²) in [7, 11) is 0. The van der Waals surface area contributed by atoms with E-state index in [1.165, 1.54) is 11.1 Å². The average molecular weight is 381 g/mol. The number of fused-ring (bicyclic) bond motifs is 1. The van der Waals surface area contributed by atoms with Crippen LogP contribution in [0.2, 0.25) is 0 Å². The Morgan fingerprint density at radius 2 is 1.82 bits per heavy atom. The van der Waals surface area contributed by atoms with Crippen LogP contribution >= 0.6 is 0 Å². The fourth-order valence-electron chi connectivity index (χ4n) is 3.60. The van der Waals surface area contributed by atoms with E-state index in [1.54, 1.807) is 20.8 Å². The highest BCUT2D eigenvalue weighted by molar-refractivity contribution is 5.77. The number of nitrogens with zero attached hydrogens (tertiary/aromatic N) is 5. The maximum absolute atomic E-state index is 13.0. The molecule has 0 saturated carbocycles. The summed E-state index contributed by atoms with van der Waals surface area (Å²) in [6, 6.07) is 9.65. The molecule has 0 radical (unpaired) electrons. The molecule has 2 aromatic rings. The molecule has 0 spiro atoms. The van der Waals surface area contributed by atoms with Crippen molar-refractivity contribution in [2.45, 2.75) is 39.7 Å². The smallest absolute Gasteiger partial charge is 0.427 e. The first-order valence-electron chi connectivity index (χ1n) is 9.23. The van der Waals surface area contributed by atoms with Gasteiger partial charge in [0.1, 0.15) is 11.9 Å². The van der Waals surface area contributed by atoms with Crippen molar-refractivity contribution in [2.24, 2.45) is 0 Å². The highest BCUT2D eigenvalue weighted by Crippen LogP contribution is 2.21. The molecule has 0 unspecified atom stereocenters. The van der Waals surface area contributed by atoms with Gasteiger partial charge < -0.3 is 10.0 Å². The Balaban J connectivity index is 2.06. The van der Waals surface area contributed by atoms with Crippen molar-refractivity contribution in [3.63, 3.8) is 0 Å². The maximum Gasteiger partial charge on any atom is 0.427 e. The van der Waals surface area contributed by atoms with Crippen LogP contribution in [0.25, 0.3) is 0 Å². The van der Waals surface area contributed by atoms with Gasteiger partial charge in [-0.1, -0.05) is 24.3 Å². The van der Waals surface area contributed by atoms with Crippen LogP contribution in [0.1, 0.15) is 36.4 Å². The van der Waals surface area contributed by atoms with E-state index >= 15 is 0 Å². The third-order valence-electron chi connectivity index (χ3n) is 4.94. The number of carbonyl (C=O) groups is 1. The molecule has 0 atom stereocenters. The second kappa shape index (κ2) is 7.72. The van der Waals surface area contributed by atoms with Crippen molar-refractivity contribution >= 4 is 11.9 Å². The van der Waals surface area contributed by atoms with E-state index in [0.717, 1.165) is 22.5 Å². The number of anilines is 1. The topological polar surface area (TPSA) is 102 Å². The fourth-order valence-corrected chi connectivity index (χ4v) is 3.60. The van der Waals surface area contributed by atoms with E-state index in [4.69, 9.17) is 0 Å². The monoisotopic (exact) mass is 381 g/mol. The van der Waals surface area contributed by atoms with Crippen LogP contribution < -0.4 is 15.5 Å². The first-order chi connectivity index (χ1) is 13.3. The first kappa shape index (κ1) is 19.4. The summed E-state index contributed by atoms with van der Waals surface area (Å²) >= 11 is 0. The van der Waals surface area contributed by atoms with Gasteiger partial charge in [-0.05, 0) is 44.7 Å². The SMILES string of the molecule is Cc1nc(N2CCc3ccccc3CC2)c(C#N)c(=O)n1N(C(=O)O)C(C)C. The van der Waals surface area contributed by atoms with Crippen molar-refractivity contribution in [1.82, 2.24) is 9.66 Å². The highest BCUT2D eigenvalue weighted by Gasteiger charge is 2.27. The van der Waals surface area contributed by atoms with E-state index in [2.05, 4.69) is 17.1 Å². The number of rotatable bonds is 3. The lowest BCUT2D eigenvalue weighted by Gasteiger charge is -2.28. The van der Waals surface area contributed by atoms with Gasteiger partial charge >= 0.3 is 6.09 Å². The maximum atomic E-state index is 13.0. The van der Waals surface area contributed by atoms with Gasteiger partial charge in [-0.25, -0.2) is 14.8 Å². The number of hydrogen-bond donors (Lipinski definition) is 1. The summed E-state index contributed by atoms with van der Waals surface area (Å²) in [6.45, 7) is 6.16. The Hall–Kier alpha value is -3.34. The van der Waals surface area contributed by atoms with Crippen LogP contribution in [0.5, 0.6) is 0 Å². The molecule has 0 fully saturated rings. The molecule has 1 N–H and O–H groups in total. The summed E-state index contributed by atoms with van der Waals surface area (Å²) in [6.07, 6.45) is 0.305. The fraction of sp³-hybridized carbons (Fsp3) is 0.400. The molecular formula is C20H23N5O3. The zero-order valence-corrected chi connectivity index (χ0v) is 16.2. The van der Waals surface area contributed by atoms with Crippen LogP contribution in [0, 0.1) is 18.3 Å². The Bertz CT molecular complexity index is 979. The number of benzene rings is 1. The molecule has 8 heteroatoms. The molecule has 1 aliphatic rings. The molecule has 0 saturated heterocycles. The summed E-state index contributed by atoms with van der Waals surface area (Å²) in [5, 5.41) is 20.1. The molecular weight excluding hydrogens is 358 g/mol. The normalized spacial score (nSPS) is 13.6. The molecule has 1 aliphatic heterocycles. The van der Waals surface area contributed by atoms with Gasteiger partial charge in [0.25, 0.3) is 5.56 Å². The zero-order chi connectivity index (χ0) is 20.4. The lowest BCUT2D eigenvalue weighted by atomic mass is 10.0. The predicted molar refractivity (Wildman–Crippen MR) is 105 cm³/mol. The van der Waals surface area contributed by atoms with E-state index in [-0.39, 0.29) is 11.4 Å². The van der Waals surface area contributed by atoms with Gasteiger partial charge in [0.2, 0.25) is 0 Å². The van der Waals surface area contributed by atoms with Gasteiger partial charge in [0.15, 0.2) is 11.4 Å². The lowest BCUT2D eigenvalue weighted by molar-refractivity contribution is 0.190. The Morgan fingerprint density at radius 3 is 2.29 bits per heavy atom. The second-order valence-corrected chi connectivity index (χ2v) is 7.06. The van der Waals surface area contributed by atoms with E-state index < -0.39 is 17.7 Å². The number of carboxylic acid groups (broad SMARTS) is 1.